The number of cyclic esters (lactones) is 1. The lowest BCUT2D eigenvalue weighted by molar-refractivity contribution is -0.158. The minimum Gasteiger partial charge on any atom is -0.456 e. The Bertz CT molecular complexity index is 502. The maximum atomic E-state index is 12.9. The van der Waals surface area contributed by atoms with Crippen LogP contribution in [0, 0.1) is 0 Å². The highest BCUT2D eigenvalue weighted by Crippen LogP contribution is 2.30. The Kier molecular flexibility index (Phi) is 3.37. The zero-order valence-electron chi connectivity index (χ0n) is 9.86. The summed E-state index contributed by atoms with van der Waals surface area (Å²) in [6, 6.07) is 6.21. The molecule has 1 aromatic rings. The highest BCUT2D eigenvalue weighted by molar-refractivity contribution is 5.93. The number of benzene rings is 1. The number of nitrogens with two attached hydrogens (primary N) is 1. The van der Waals surface area contributed by atoms with Crippen molar-refractivity contribution >= 4 is 17.6 Å². The van der Waals surface area contributed by atoms with Gasteiger partial charge in [0.05, 0.1) is 13.0 Å². The molecule has 102 valence electrons. The number of alkyl halides is 2. The molecule has 7 heteroatoms. The van der Waals surface area contributed by atoms with Gasteiger partial charge < -0.3 is 15.8 Å². The summed E-state index contributed by atoms with van der Waals surface area (Å²) in [6.07, 6.45) is -1.49. The highest BCUT2D eigenvalue weighted by Gasteiger charge is 2.50. The standard InChI is InChI=1S/C12H12F2N2O3/c13-12(14)5-9(19-11(12)18)6-16-8-3-1-7(2-4-8)10(15)17/h1-4,9,16H,5-6H2,(H2,15,17). The number of nitrogens with one attached hydrogen (secondary N) is 1. The molecule has 1 aromatic carbocycles. The number of anilines is 1. The fourth-order valence-electron chi connectivity index (χ4n) is 1.75. The van der Waals surface area contributed by atoms with Crippen molar-refractivity contribution in [1.29, 1.82) is 0 Å². The van der Waals surface area contributed by atoms with Crippen LogP contribution in [0.25, 0.3) is 0 Å². The van der Waals surface area contributed by atoms with Gasteiger partial charge in [0, 0.05) is 11.3 Å². The molecule has 3 N–H and O–H groups in total. The second-order valence-corrected chi connectivity index (χ2v) is 4.26. The molecule has 2 rings (SSSR count). The first kappa shape index (κ1) is 13.3. The molecule has 0 aromatic heterocycles. The molecule has 1 heterocycles. The summed E-state index contributed by atoms with van der Waals surface area (Å²) < 4.78 is 30.3. The number of ether oxygens (including phenoxy) is 1. The first-order valence-electron chi connectivity index (χ1n) is 5.61. The SMILES string of the molecule is NC(=O)c1ccc(NCC2CC(F)(F)C(=O)O2)cc1. The number of esters is 1. The van der Waals surface area contributed by atoms with E-state index in [2.05, 4.69) is 10.1 Å². The van der Waals surface area contributed by atoms with Gasteiger partial charge in [-0.25, -0.2) is 4.79 Å². The Hall–Kier alpha value is -2.18. The van der Waals surface area contributed by atoms with E-state index in [0.29, 0.717) is 11.3 Å². The Morgan fingerprint density at radius 2 is 2.05 bits per heavy atom. The summed E-state index contributed by atoms with van der Waals surface area (Å²) in [7, 11) is 0. The quantitative estimate of drug-likeness (QED) is 0.804. The van der Waals surface area contributed by atoms with Gasteiger partial charge in [-0.15, -0.1) is 0 Å². The number of primary amides is 1. The second kappa shape index (κ2) is 4.83. The van der Waals surface area contributed by atoms with Crippen molar-refractivity contribution in [3.05, 3.63) is 29.8 Å². The van der Waals surface area contributed by atoms with E-state index in [4.69, 9.17) is 5.73 Å². The number of halogens is 2. The molecule has 0 aliphatic carbocycles. The van der Waals surface area contributed by atoms with E-state index in [9.17, 15) is 18.4 Å². The lowest BCUT2D eigenvalue weighted by atomic mass is 10.1. The van der Waals surface area contributed by atoms with Gasteiger partial charge in [-0.2, -0.15) is 8.78 Å². The van der Waals surface area contributed by atoms with Crippen molar-refractivity contribution < 1.29 is 23.1 Å². The minimum absolute atomic E-state index is 0.0806. The molecule has 5 nitrogen and oxygen atoms in total. The zero-order valence-corrected chi connectivity index (χ0v) is 9.86. The van der Waals surface area contributed by atoms with E-state index in [1.54, 1.807) is 12.1 Å². The van der Waals surface area contributed by atoms with Crippen LogP contribution in [0.2, 0.25) is 0 Å². The van der Waals surface area contributed by atoms with Crippen LogP contribution in [0.15, 0.2) is 24.3 Å². The number of hydrogen-bond donors (Lipinski definition) is 2. The Balaban J connectivity index is 1.90. The molecule has 0 saturated carbocycles. The minimum atomic E-state index is -3.40. The number of carbonyl (C=O) groups is 2. The number of amides is 1. The van der Waals surface area contributed by atoms with Crippen molar-refractivity contribution in [3.8, 4) is 0 Å². The average Bonchev–Trinajstić information content (AvgIpc) is 2.61. The lowest BCUT2D eigenvalue weighted by Crippen LogP contribution is -2.22. The molecule has 1 aliphatic heterocycles. The molecule has 19 heavy (non-hydrogen) atoms. The van der Waals surface area contributed by atoms with Gasteiger partial charge >= 0.3 is 11.9 Å². The van der Waals surface area contributed by atoms with Gasteiger partial charge in [-0.05, 0) is 24.3 Å². The van der Waals surface area contributed by atoms with Gasteiger partial charge in [-0.3, -0.25) is 4.79 Å². The molecular weight excluding hydrogens is 258 g/mol. The van der Waals surface area contributed by atoms with Crippen LogP contribution in [0.4, 0.5) is 14.5 Å². The van der Waals surface area contributed by atoms with Crippen molar-refractivity contribution in [2.24, 2.45) is 5.73 Å². The van der Waals surface area contributed by atoms with E-state index < -0.39 is 30.3 Å². The summed E-state index contributed by atoms with van der Waals surface area (Å²) >= 11 is 0. The molecule has 1 aliphatic rings. The number of carbonyl (C=O) groups excluding carboxylic acids is 2. The Morgan fingerprint density at radius 3 is 2.53 bits per heavy atom. The van der Waals surface area contributed by atoms with E-state index in [0.717, 1.165) is 0 Å². The first-order valence-corrected chi connectivity index (χ1v) is 5.61. The predicted molar refractivity (Wildman–Crippen MR) is 62.9 cm³/mol. The van der Waals surface area contributed by atoms with Crippen LogP contribution in [0.3, 0.4) is 0 Å². The molecule has 0 spiro atoms. The van der Waals surface area contributed by atoms with Crippen molar-refractivity contribution in [2.75, 3.05) is 11.9 Å². The smallest absolute Gasteiger partial charge is 0.377 e. The summed E-state index contributed by atoms with van der Waals surface area (Å²) in [5.74, 6) is -5.43. The molecular formula is C12H12F2N2O3. The van der Waals surface area contributed by atoms with Gasteiger partial charge in [-0.1, -0.05) is 0 Å². The van der Waals surface area contributed by atoms with Crippen molar-refractivity contribution in [1.82, 2.24) is 0 Å². The van der Waals surface area contributed by atoms with Crippen LogP contribution in [0.5, 0.6) is 0 Å². The predicted octanol–water partition coefficient (Wildman–Crippen LogP) is 1.15. The largest absolute Gasteiger partial charge is 0.456 e. The summed E-state index contributed by atoms with van der Waals surface area (Å²) in [5, 5.41) is 2.85. The zero-order chi connectivity index (χ0) is 14.0. The van der Waals surface area contributed by atoms with Crippen molar-refractivity contribution in [3.63, 3.8) is 0 Å². The summed E-state index contributed by atoms with van der Waals surface area (Å²) in [6.45, 7) is 0.0806. The van der Waals surface area contributed by atoms with E-state index in [1.807, 2.05) is 0 Å². The highest BCUT2D eigenvalue weighted by atomic mass is 19.3. The van der Waals surface area contributed by atoms with Gasteiger partial charge in [0.1, 0.15) is 6.10 Å². The fourth-order valence-corrected chi connectivity index (χ4v) is 1.75. The third-order valence-electron chi connectivity index (χ3n) is 2.76. The van der Waals surface area contributed by atoms with Gasteiger partial charge in [0.25, 0.3) is 0 Å². The summed E-state index contributed by atoms with van der Waals surface area (Å²) in [4.78, 5) is 21.6. The Morgan fingerprint density at radius 1 is 1.42 bits per heavy atom. The molecule has 0 bridgehead atoms. The second-order valence-electron chi connectivity index (χ2n) is 4.26. The number of hydrogen-bond acceptors (Lipinski definition) is 4. The van der Waals surface area contributed by atoms with E-state index in [1.165, 1.54) is 12.1 Å². The van der Waals surface area contributed by atoms with E-state index in [-0.39, 0.29) is 6.54 Å². The lowest BCUT2D eigenvalue weighted by Gasteiger charge is -2.11. The monoisotopic (exact) mass is 270 g/mol. The number of rotatable bonds is 4. The van der Waals surface area contributed by atoms with Gasteiger partial charge in [0.15, 0.2) is 0 Å². The van der Waals surface area contributed by atoms with Crippen LogP contribution in [0.1, 0.15) is 16.8 Å². The van der Waals surface area contributed by atoms with Crippen molar-refractivity contribution in [2.45, 2.75) is 18.4 Å². The Labute approximate surface area is 107 Å². The molecule has 1 amide bonds. The fraction of sp³-hybridized carbons (Fsp3) is 0.333. The van der Waals surface area contributed by atoms with Crippen LogP contribution < -0.4 is 11.1 Å². The third kappa shape index (κ3) is 2.98. The maximum Gasteiger partial charge on any atom is 0.377 e. The normalized spacial score (nSPS) is 20.9. The van der Waals surface area contributed by atoms with Gasteiger partial charge in [0.2, 0.25) is 5.91 Å². The molecule has 1 saturated heterocycles. The molecule has 0 radical (unpaired) electrons. The molecule has 1 fully saturated rings. The maximum absolute atomic E-state index is 12.9. The van der Waals surface area contributed by atoms with E-state index >= 15 is 0 Å². The third-order valence-corrected chi connectivity index (χ3v) is 2.76. The van der Waals surface area contributed by atoms with Crippen LogP contribution in [-0.4, -0.2) is 30.4 Å². The summed E-state index contributed by atoms with van der Waals surface area (Å²) in [5.41, 5.74) is 6.06. The first-order chi connectivity index (χ1) is 8.88. The molecule has 1 atom stereocenters. The topological polar surface area (TPSA) is 81.4 Å². The van der Waals surface area contributed by atoms with Crippen LogP contribution >= 0.6 is 0 Å². The molecule has 1 unspecified atom stereocenters. The average molecular weight is 270 g/mol. The van der Waals surface area contributed by atoms with Crippen LogP contribution in [-0.2, 0) is 9.53 Å².